The fraction of sp³-hybridized carbons (Fsp3) is 0.357. The molecule has 0 atom stereocenters. The Kier molecular flexibility index (Phi) is 9.66. The highest BCUT2D eigenvalue weighted by atomic mass is 31.3. The van der Waals surface area contributed by atoms with Crippen molar-refractivity contribution in [2.45, 2.75) is 24.4 Å². The Labute approximate surface area is 241 Å². The molecule has 8 nitrogen and oxygen atoms in total. The van der Waals surface area contributed by atoms with Gasteiger partial charge in [-0.2, -0.15) is 41.1 Å². The van der Waals surface area contributed by atoms with E-state index < -0.39 is 38.8 Å². The van der Waals surface area contributed by atoms with Crippen LogP contribution in [-0.2, 0) is 24.3 Å². The summed E-state index contributed by atoms with van der Waals surface area (Å²) in [6.07, 6.45) is -3.25. The highest BCUT2D eigenvalue weighted by Crippen LogP contribution is 2.87. The molecule has 0 spiro atoms. The molecular formula is C28H30F4O8P2+2. The van der Waals surface area contributed by atoms with Crippen LogP contribution in [0.4, 0.5) is 17.6 Å². The lowest BCUT2D eigenvalue weighted by Crippen LogP contribution is -2.25. The summed E-state index contributed by atoms with van der Waals surface area (Å²) < 4.78 is 87.0. The summed E-state index contributed by atoms with van der Waals surface area (Å²) in [6.45, 7) is 0.991. The number of rotatable bonds is 9. The molecule has 2 aliphatic rings. The van der Waals surface area contributed by atoms with Crippen LogP contribution in [0.2, 0.25) is 0 Å². The molecule has 0 bridgehead atoms. The maximum absolute atomic E-state index is 15.1. The average molecular weight is 632 g/mol. The predicted octanol–water partition coefficient (Wildman–Crippen LogP) is 7.35. The molecule has 0 radical (unpaired) electrons. The van der Waals surface area contributed by atoms with E-state index in [-0.39, 0.29) is 51.0 Å². The quantitative estimate of drug-likeness (QED) is 0.144. The van der Waals surface area contributed by atoms with Crippen molar-refractivity contribution in [1.82, 2.24) is 0 Å². The fourth-order valence-corrected chi connectivity index (χ4v) is 10.1. The third-order valence-corrected chi connectivity index (χ3v) is 12.4. The Balaban J connectivity index is 1.19. The summed E-state index contributed by atoms with van der Waals surface area (Å²) in [6, 6.07) is 15.7. The van der Waals surface area contributed by atoms with Gasteiger partial charge in [0.2, 0.25) is 0 Å². The van der Waals surface area contributed by atoms with Crippen molar-refractivity contribution in [2.24, 2.45) is 0 Å². The average Bonchev–Trinajstić information content (AvgIpc) is 2.97. The summed E-state index contributed by atoms with van der Waals surface area (Å²) in [5.74, 6) is -0.293. The second-order valence-corrected chi connectivity index (χ2v) is 14.3. The predicted molar refractivity (Wildman–Crippen MR) is 148 cm³/mol. The zero-order valence-corrected chi connectivity index (χ0v) is 24.1. The van der Waals surface area contributed by atoms with Crippen molar-refractivity contribution in [3.63, 3.8) is 0 Å². The number of hydrogen-bond acceptors (Lipinski definition) is 8. The van der Waals surface area contributed by atoms with Crippen molar-refractivity contribution in [3.8, 4) is 22.6 Å². The fourth-order valence-electron chi connectivity index (χ4n) is 4.52. The standard InChI is InChI=1S/C28H30F4O8P2/c29-25-19-22(27(41(33)37-13-1-14-38-41)42(34)39-15-2-16-40-42)7-12-26(25)36-18-17-35-24-10-5-21(6-11-24)20-3-8-23(9-4-20)28(30,31)32/h3-12,19,27,33-34H,1-2,13-18H2/q+2. The number of halogens is 4. The third kappa shape index (κ3) is 7.21. The summed E-state index contributed by atoms with van der Waals surface area (Å²) in [5, 5.41) is -1.22. The molecule has 2 heterocycles. The summed E-state index contributed by atoms with van der Waals surface area (Å²) >= 11 is 0. The van der Waals surface area contributed by atoms with Gasteiger partial charge in [-0.3, -0.25) is 0 Å². The van der Waals surface area contributed by atoms with Gasteiger partial charge >= 0.3 is 27.5 Å². The summed E-state index contributed by atoms with van der Waals surface area (Å²) in [5.41, 5.74) is 0.847. The highest BCUT2D eigenvalue weighted by Gasteiger charge is 2.73. The first-order valence-electron chi connectivity index (χ1n) is 13.2. The van der Waals surface area contributed by atoms with Crippen molar-refractivity contribution >= 4 is 15.9 Å². The molecule has 2 fully saturated rings. The van der Waals surface area contributed by atoms with E-state index in [1.807, 2.05) is 0 Å². The number of hydrogen-bond donors (Lipinski definition) is 2. The van der Waals surface area contributed by atoms with Crippen LogP contribution in [-0.4, -0.2) is 49.4 Å². The van der Waals surface area contributed by atoms with Crippen LogP contribution in [0.15, 0.2) is 66.7 Å². The van der Waals surface area contributed by atoms with Gasteiger partial charge in [0.25, 0.3) is 0 Å². The first kappa shape index (κ1) is 31.0. The number of benzene rings is 3. The van der Waals surface area contributed by atoms with E-state index in [2.05, 4.69) is 0 Å². The molecule has 2 N–H and O–H groups in total. The van der Waals surface area contributed by atoms with Gasteiger partial charge in [0.1, 0.15) is 19.0 Å². The van der Waals surface area contributed by atoms with Crippen LogP contribution in [0.1, 0.15) is 29.4 Å². The van der Waals surface area contributed by atoms with Gasteiger partial charge < -0.3 is 9.47 Å². The van der Waals surface area contributed by atoms with Crippen LogP contribution in [0, 0.1) is 5.82 Å². The minimum atomic E-state index is -4.39. The number of alkyl halides is 3. The molecule has 42 heavy (non-hydrogen) atoms. The van der Waals surface area contributed by atoms with E-state index in [0.717, 1.165) is 23.8 Å². The van der Waals surface area contributed by atoms with E-state index >= 15 is 4.39 Å². The molecule has 3 aromatic carbocycles. The Morgan fingerprint density at radius 1 is 0.714 bits per heavy atom. The van der Waals surface area contributed by atoms with Crippen LogP contribution < -0.4 is 9.47 Å². The van der Waals surface area contributed by atoms with Gasteiger partial charge in [-0.1, -0.05) is 24.3 Å². The van der Waals surface area contributed by atoms with Crippen LogP contribution >= 0.6 is 15.9 Å². The van der Waals surface area contributed by atoms with Gasteiger partial charge in [0, 0.05) is 12.8 Å². The smallest absolute Gasteiger partial charge is 0.464 e. The zero-order chi connectivity index (χ0) is 29.8. The van der Waals surface area contributed by atoms with Gasteiger partial charge in [0.15, 0.2) is 11.6 Å². The normalized spacial score (nSPS) is 18.5. The van der Waals surface area contributed by atoms with E-state index in [1.165, 1.54) is 24.3 Å². The second-order valence-electron chi connectivity index (χ2n) is 9.53. The maximum Gasteiger partial charge on any atom is 0.464 e. The molecule has 0 unspecified atom stereocenters. The van der Waals surface area contributed by atoms with E-state index in [9.17, 15) is 23.0 Å². The molecule has 0 saturated carbocycles. The Morgan fingerprint density at radius 2 is 1.21 bits per heavy atom. The maximum atomic E-state index is 15.1. The van der Waals surface area contributed by atoms with Crippen molar-refractivity contribution in [2.75, 3.05) is 39.6 Å². The zero-order valence-electron chi connectivity index (χ0n) is 22.3. The molecule has 5 rings (SSSR count). The van der Waals surface area contributed by atoms with E-state index in [4.69, 9.17) is 27.6 Å². The molecule has 3 aromatic rings. The molecule has 0 aliphatic carbocycles. The molecule has 2 aliphatic heterocycles. The monoisotopic (exact) mass is 632 g/mol. The topological polar surface area (TPSA) is 95.8 Å². The molecule has 226 valence electrons. The van der Waals surface area contributed by atoms with Crippen LogP contribution in [0.5, 0.6) is 11.5 Å². The minimum absolute atomic E-state index is 0.00662. The van der Waals surface area contributed by atoms with Crippen molar-refractivity contribution in [1.29, 1.82) is 0 Å². The van der Waals surface area contributed by atoms with Crippen molar-refractivity contribution in [3.05, 3.63) is 83.7 Å². The molecule has 0 aromatic heterocycles. The second kappa shape index (κ2) is 13.1. The van der Waals surface area contributed by atoms with E-state index in [0.29, 0.717) is 24.2 Å². The number of ether oxygens (including phenoxy) is 2. The Bertz CT molecular complexity index is 1310. The first-order chi connectivity index (χ1) is 20.1. The Hall–Kier alpha value is -2.40. The first-order valence-corrected chi connectivity index (χ1v) is 16.5. The highest BCUT2D eigenvalue weighted by molar-refractivity contribution is 7.78. The third-order valence-electron chi connectivity index (χ3n) is 6.56. The van der Waals surface area contributed by atoms with Gasteiger partial charge in [-0.05, 0) is 53.6 Å². The molecule has 0 amide bonds. The van der Waals surface area contributed by atoms with E-state index in [1.54, 1.807) is 24.3 Å². The molecule has 14 heteroatoms. The van der Waals surface area contributed by atoms with Gasteiger partial charge in [-0.25, -0.2) is 4.39 Å². The SMILES string of the molecule is O[P+]1(C(c2ccc(OCCOc3ccc(-c4ccc(C(F)(F)F)cc4)cc3)c(F)c2)[P+]2(O)OCCCO2)OCCCO1. The minimum Gasteiger partial charge on any atom is -0.490 e. The molecular weight excluding hydrogens is 602 g/mol. The van der Waals surface area contributed by atoms with Gasteiger partial charge in [-0.15, -0.1) is 0 Å². The lowest BCUT2D eigenvalue weighted by molar-refractivity contribution is -0.137. The summed E-state index contributed by atoms with van der Waals surface area (Å²) in [7, 11) is -7.36. The van der Waals surface area contributed by atoms with Crippen LogP contribution in [0.25, 0.3) is 11.1 Å². The largest absolute Gasteiger partial charge is 0.490 e. The van der Waals surface area contributed by atoms with Gasteiger partial charge in [0.05, 0.1) is 37.6 Å². The van der Waals surface area contributed by atoms with Crippen molar-refractivity contribution < 1.29 is 54.9 Å². The lowest BCUT2D eigenvalue weighted by Gasteiger charge is -2.31. The summed E-state index contributed by atoms with van der Waals surface area (Å²) in [4.78, 5) is 22.5. The lowest BCUT2D eigenvalue weighted by atomic mass is 10.0. The Morgan fingerprint density at radius 3 is 1.71 bits per heavy atom. The van der Waals surface area contributed by atoms with Crippen LogP contribution in [0.3, 0.4) is 0 Å². The molecule has 2 saturated heterocycles.